The maximum absolute atomic E-state index is 12.1. The highest BCUT2D eigenvalue weighted by atomic mass is 16.1. The first-order chi connectivity index (χ1) is 11.8. The second-order valence-corrected chi connectivity index (χ2v) is 7.27. The molecule has 0 radical (unpaired) electrons. The summed E-state index contributed by atoms with van der Waals surface area (Å²) < 4.78 is 1.84. The zero-order chi connectivity index (χ0) is 16.5. The van der Waals surface area contributed by atoms with Gasteiger partial charge in [-0.05, 0) is 30.4 Å². The average molecular weight is 325 g/mol. The lowest BCUT2D eigenvalue weighted by molar-refractivity contribution is 0.0939. The molecule has 2 heterocycles. The number of fused-ring (bicyclic) bond motifs is 1. The molecule has 1 aromatic heterocycles. The molecule has 2 fully saturated rings. The van der Waals surface area contributed by atoms with Gasteiger partial charge < -0.3 is 5.32 Å². The molecule has 2 aromatic rings. The number of piperazine rings is 1. The number of nitrogens with zero attached hydrogens (tertiary/aromatic N) is 2. The number of benzene rings is 1. The summed E-state index contributed by atoms with van der Waals surface area (Å²) in [6, 6.07) is 8.83. The highest BCUT2D eigenvalue weighted by molar-refractivity contribution is 5.93. The number of aromatic nitrogens is 1. The van der Waals surface area contributed by atoms with E-state index in [1.165, 1.54) is 36.6 Å². The third-order valence-electron chi connectivity index (χ3n) is 5.79. The van der Waals surface area contributed by atoms with Gasteiger partial charge in [-0.1, -0.05) is 31.0 Å². The van der Waals surface area contributed by atoms with E-state index < -0.39 is 0 Å². The molecular formula is C20H27N3O. The van der Waals surface area contributed by atoms with Gasteiger partial charge in [0, 0.05) is 50.7 Å². The Labute approximate surface area is 143 Å². The highest BCUT2D eigenvalue weighted by Crippen LogP contribution is 2.42. The van der Waals surface area contributed by atoms with Crippen LogP contribution in [0.1, 0.15) is 49.0 Å². The maximum atomic E-state index is 12.1. The zero-order valence-corrected chi connectivity index (χ0v) is 14.5. The van der Waals surface area contributed by atoms with Crippen molar-refractivity contribution < 1.29 is 4.79 Å². The van der Waals surface area contributed by atoms with E-state index in [1.54, 1.807) is 6.92 Å². The minimum atomic E-state index is 0.0999. The minimum absolute atomic E-state index is 0.0999. The largest absolute Gasteiger partial charge is 0.314 e. The van der Waals surface area contributed by atoms with Crippen LogP contribution in [-0.2, 0) is 0 Å². The molecule has 0 unspecified atom stereocenters. The molecule has 1 atom stereocenters. The normalized spacial score (nSPS) is 21.4. The Morgan fingerprint density at radius 2 is 1.88 bits per heavy atom. The van der Waals surface area contributed by atoms with Crippen LogP contribution in [0.4, 0.5) is 0 Å². The number of carbonyl (C=O) groups excluding carboxylic acids is 1. The van der Waals surface area contributed by atoms with Crippen molar-refractivity contribution in [2.75, 3.05) is 26.2 Å². The van der Waals surface area contributed by atoms with Gasteiger partial charge in [-0.3, -0.25) is 14.3 Å². The van der Waals surface area contributed by atoms with Crippen molar-refractivity contribution >= 4 is 16.8 Å². The van der Waals surface area contributed by atoms with Crippen molar-refractivity contribution in [3.05, 3.63) is 36.0 Å². The number of hydrogen-bond acceptors (Lipinski definition) is 3. The van der Waals surface area contributed by atoms with Gasteiger partial charge in [0.15, 0.2) is 0 Å². The molecule has 1 saturated heterocycles. The van der Waals surface area contributed by atoms with Crippen LogP contribution >= 0.6 is 0 Å². The lowest BCUT2D eigenvalue weighted by atomic mass is 9.89. The smallest absolute Gasteiger partial charge is 0.227 e. The second-order valence-electron chi connectivity index (χ2n) is 7.27. The Morgan fingerprint density at radius 1 is 1.17 bits per heavy atom. The first kappa shape index (κ1) is 15.9. The molecule has 0 amide bonds. The van der Waals surface area contributed by atoms with Crippen LogP contribution < -0.4 is 5.32 Å². The zero-order valence-electron chi connectivity index (χ0n) is 14.5. The second kappa shape index (κ2) is 6.69. The molecule has 128 valence electrons. The summed E-state index contributed by atoms with van der Waals surface area (Å²) in [4.78, 5) is 14.8. The van der Waals surface area contributed by atoms with E-state index >= 15 is 0 Å². The Kier molecular flexibility index (Phi) is 4.42. The van der Waals surface area contributed by atoms with Crippen molar-refractivity contribution in [2.45, 2.75) is 38.6 Å². The van der Waals surface area contributed by atoms with E-state index in [0.29, 0.717) is 12.0 Å². The van der Waals surface area contributed by atoms with Gasteiger partial charge >= 0.3 is 0 Å². The molecular weight excluding hydrogens is 298 g/mol. The molecule has 4 heteroatoms. The van der Waals surface area contributed by atoms with Gasteiger partial charge in [0.05, 0.1) is 5.52 Å². The van der Waals surface area contributed by atoms with E-state index in [9.17, 15) is 4.79 Å². The third-order valence-corrected chi connectivity index (χ3v) is 5.79. The topological polar surface area (TPSA) is 37.3 Å². The molecule has 1 aliphatic heterocycles. The summed E-state index contributed by atoms with van der Waals surface area (Å²) >= 11 is 0. The summed E-state index contributed by atoms with van der Waals surface area (Å²) in [5.41, 5.74) is 2.41. The van der Waals surface area contributed by atoms with Crippen LogP contribution in [0, 0.1) is 5.92 Å². The van der Waals surface area contributed by atoms with E-state index in [0.717, 1.165) is 31.7 Å². The van der Waals surface area contributed by atoms with Crippen LogP contribution in [0.25, 0.3) is 10.9 Å². The number of rotatable bonds is 3. The Bertz CT molecular complexity index is 724. The lowest BCUT2D eigenvalue weighted by Crippen LogP contribution is -2.46. The van der Waals surface area contributed by atoms with Gasteiger partial charge in [-0.25, -0.2) is 0 Å². The van der Waals surface area contributed by atoms with Crippen molar-refractivity contribution in [3.63, 3.8) is 0 Å². The quantitative estimate of drug-likeness (QED) is 0.939. The predicted molar refractivity (Wildman–Crippen MR) is 97.4 cm³/mol. The van der Waals surface area contributed by atoms with Crippen LogP contribution in [0.2, 0.25) is 0 Å². The van der Waals surface area contributed by atoms with E-state index in [2.05, 4.69) is 34.6 Å². The third kappa shape index (κ3) is 2.78. The summed E-state index contributed by atoms with van der Waals surface area (Å²) in [7, 11) is 0. The van der Waals surface area contributed by atoms with Crippen LogP contribution in [0.15, 0.2) is 30.5 Å². The average Bonchev–Trinajstić information content (AvgIpc) is 3.25. The summed E-state index contributed by atoms with van der Waals surface area (Å²) in [6.45, 7) is 5.98. The standard InChI is InChI=1S/C20H27N3O/c1-15(24)23-14-18(17-8-4-5-9-19(17)23)20(16-6-2-3-7-16)22-12-10-21-11-13-22/h4-5,8-9,14,16,20-21H,2-3,6-7,10-13H2,1H3/t20-/m0/s1. The minimum Gasteiger partial charge on any atom is -0.314 e. The summed E-state index contributed by atoms with van der Waals surface area (Å²) in [5.74, 6) is 0.817. The SMILES string of the molecule is CC(=O)n1cc([C@H](C2CCCC2)N2CCNCC2)c2ccccc21. The first-order valence-electron chi connectivity index (χ1n) is 9.31. The van der Waals surface area contributed by atoms with E-state index in [4.69, 9.17) is 0 Å². The molecule has 2 aliphatic rings. The maximum Gasteiger partial charge on any atom is 0.227 e. The molecule has 1 aliphatic carbocycles. The fraction of sp³-hybridized carbons (Fsp3) is 0.550. The Morgan fingerprint density at radius 3 is 2.58 bits per heavy atom. The van der Waals surface area contributed by atoms with Gasteiger partial charge in [-0.15, -0.1) is 0 Å². The van der Waals surface area contributed by atoms with Gasteiger partial charge in [0.2, 0.25) is 5.91 Å². The van der Waals surface area contributed by atoms with Crippen molar-refractivity contribution in [1.29, 1.82) is 0 Å². The van der Waals surface area contributed by atoms with Crippen molar-refractivity contribution in [3.8, 4) is 0 Å². The van der Waals surface area contributed by atoms with Gasteiger partial charge in [-0.2, -0.15) is 0 Å². The molecule has 1 aromatic carbocycles. The van der Waals surface area contributed by atoms with E-state index in [-0.39, 0.29) is 5.91 Å². The number of hydrogen-bond donors (Lipinski definition) is 1. The molecule has 24 heavy (non-hydrogen) atoms. The molecule has 0 spiro atoms. The van der Waals surface area contributed by atoms with Crippen LogP contribution in [-0.4, -0.2) is 41.6 Å². The molecule has 4 nitrogen and oxygen atoms in total. The highest BCUT2D eigenvalue weighted by Gasteiger charge is 2.34. The van der Waals surface area contributed by atoms with Gasteiger partial charge in [0.25, 0.3) is 0 Å². The monoisotopic (exact) mass is 325 g/mol. The Balaban J connectivity index is 1.82. The van der Waals surface area contributed by atoms with Crippen LogP contribution in [0.3, 0.4) is 0 Å². The summed E-state index contributed by atoms with van der Waals surface area (Å²) in [6.07, 6.45) is 7.44. The number of para-hydroxylation sites is 1. The number of carbonyl (C=O) groups is 1. The number of nitrogens with one attached hydrogen (secondary N) is 1. The molecule has 1 N–H and O–H groups in total. The summed E-state index contributed by atoms with van der Waals surface area (Å²) in [5, 5.41) is 4.72. The first-order valence-corrected chi connectivity index (χ1v) is 9.31. The molecule has 0 bridgehead atoms. The molecule has 4 rings (SSSR count). The molecule has 1 saturated carbocycles. The lowest BCUT2D eigenvalue weighted by Gasteiger charge is -2.38. The fourth-order valence-corrected chi connectivity index (χ4v) is 4.68. The predicted octanol–water partition coefficient (Wildman–Crippen LogP) is 3.44. The van der Waals surface area contributed by atoms with E-state index in [1.807, 2.05) is 10.6 Å². The van der Waals surface area contributed by atoms with Crippen molar-refractivity contribution in [1.82, 2.24) is 14.8 Å². The van der Waals surface area contributed by atoms with Crippen LogP contribution in [0.5, 0.6) is 0 Å². The fourth-order valence-electron chi connectivity index (χ4n) is 4.68. The Hall–Kier alpha value is -1.65. The van der Waals surface area contributed by atoms with Gasteiger partial charge in [0.1, 0.15) is 0 Å². The van der Waals surface area contributed by atoms with Crippen molar-refractivity contribution in [2.24, 2.45) is 5.92 Å².